The van der Waals surface area contributed by atoms with Gasteiger partial charge in [-0.2, -0.15) is 26.3 Å². The predicted molar refractivity (Wildman–Crippen MR) is 102 cm³/mol. The van der Waals surface area contributed by atoms with Crippen molar-refractivity contribution in [2.75, 3.05) is 13.1 Å². The number of aromatic nitrogens is 2. The highest BCUT2D eigenvalue weighted by Gasteiger charge is 2.42. The zero-order valence-electron chi connectivity index (χ0n) is 16.1. The molecule has 1 aliphatic rings. The molecule has 0 spiro atoms. The number of hydrogen-bond donors (Lipinski definition) is 0. The highest BCUT2D eigenvalue weighted by Crippen LogP contribution is 2.40. The van der Waals surface area contributed by atoms with Crippen molar-refractivity contribution < 1.29 is 31.1 Å². The lowest BCUT2D eigenvalue weighted by molar-refractivity contribution is -0.137. The third kappa shape index (κ3) is 4.08. The number of Topliss-reactive ketones (excluding diaryl/α,β-unsaturated/α-hetero) is 1. The van der Waals surface area contributed by atoms with E-state index in [-0.39, 0.29) is 28.5 Å². The molecule has 1 fully saturated rings. The van der Waals surface area contributed by atoms with Gasteiger partial charge >= 0.3 is 12.4 Å². The average Bonchev–Trinajstić information content (AvgIpc) is 2.71. The van der Waals surface area contributed by atoms with Crippen LogP contribution in [-0.2, 0) is 12.7 Å². The van der Waals surface area contributed by atoms with Gasteiger partial charge in [0.1, 0.15) is 0 Å². The molecule has 3 aromatic rings. The number of carbonyl (C=O) groups is 1. The van der Waals surface area contributed by atoms with Crippen LogP contribution in [0.15, 0.2) is 30.6 Å². The Hall–Kier alpha value is -2.75. The molecule has 4 nitrogen and oxygen atoms in total. The van der Waals surface area contributed by atoms with Gasteiger partial charge in [-0.05, 0) is 43.6 Å². The number of piperidine rings is 1. The second-order valence-corrected chi connectivity index (χ2v) is 7.54. The van der Waals surface area contributed by atoms with Crippen LogP contribution in [0.4, 0.5) is 26.3 Å². The van der Waals surface area contributed by atoms with Crippen LogP contribution in [0.3, 0.4) is 0 Å². The zero-order valence-corrected chi connectivity index (χ0v) is 16.1. The molecule has 164 valence electrons. The molecule has 31 heavy (non-hydrogen) atoms. The Kier molecular flexibility index (Phi) is 5.36. The van der Waals surface area contributed by atoms with Gasteiger partial charge in [-0.3, -0.25) is 19.7 Å². The quantitative estimate of drug-likeness (QED) is 0.305. The summed E-state index contributed by atoms with van der Waals surface area (Å²) in [5.41, 5.74) is -2.45. The van der Waals surface area contributed by atoms with Gasteiger partial charge in [-0.1, -0.05) is 12.5 Å². The second-order valence-electron chi connectivity index (χ2n) is 7.54. The molecule has 0 radical (unpaired) electrons. The standard InChI is InChI=1S/C21H17F6N3O/c22-20(23,24)16-12(11-30-7-2-1-3-8-30)10-29-18-15(16)9-14(19(31)21(25,26)27)13-5-4-6-28-17(13)18/h4-6,9-10H,1-3,7-8,11H2. The van der Waals surface area contributed by atoms with Gasteiger partial charge in [-0.25, -0.2) is 0 Å². The van der Waals surface area contributed by atoms with Crippen molar-refractivity contribution in [2.24, 2.45) is 0 Å². The Labute approximate surface area is 172 Å². The third-order valence-electron chi connectivity index (χ3n) is 5.43. The van der Waals surface area contributed by atoms with Crippen LogP contribution >= 0.6 is 0 Å². The van der Waals surface area contributed by atoms with Crippen LogP contribution in [0, 0.1) is 0 Å². The van der Waals surface area contributed by atoms with E-state index < -0.39 is 34.6 Å². The molecule has 0 unspecified atom stereocenters. The number of rotatable bonds is 3. The van der Waals surface area contributed by atoms with E-state index in [0.717, 1.165) is 25.5 Å². The normalized spacial score (nSPS) is 16.2. The fraction of sp³-hybridized carbons (Fsp3) is 0.381. The van der Waals surface area contributed by atoms with Crippen LogP contribution in [0.1, 0.15) is 40.7 Å². The fourth-order valence-electron chi connectivity index (χ4n) is 4.08. The number of benzene rings is 1. The average molecular weight is 441 g/mol. The van der Waals surface area contributed by atoms with Crippen LogP contribution in [0.25, 0.3) is 21.8 Å². The monoisotopic (exact) mass is 441 g/mol. The minimum absolute atomic E-state index is 0.0272. The fourth-order valence-corrected chi connectivity index (χ4v) is 4.08. The summed E-state index contributed by atoms with van der Waals surface area (Å²) in [6.45, 7) is 1.24. The van der Waals surface area contributed by atoms with E-state index in [9.17, 15) is 31.1 Å². The first-order valence-corrected chi connectivity index (χ1v) is 9.68. The van der Waals surface area contributed by atoms with Gasteiger partial charge in [0.2, 0.25) is 0 Å². The first kappa shape index (κ1) is 21.5. The highest BCUT2D eigenvalue weighted by molar-refractivity contribution is 6.17. The first-order chi connectivity index (χ1) is 14.6. The predicted octanol–water partition coefficient (Wildman–Crippen LogP) is 5.53. The molecular formula is C21H17F6N3O. The Balaban J connectivity index is 2.01. The molecule has 1 aliphatic heterocycles. The molecule has 1 saturated heterocycles. The maximum absolute atomic E-state index is 14.1. The molecular weight excluding hydrogens is 424 g/mol. The number of nitrogens with zero attached hydrogens (tertiary/aromatic N) is 3. The summed E-state index contributed by atoms with van der Waals surface area (Å²) in [4.78, 5) is 22.0. The van der Waals surface area contributed by atoms with Crippen LogP contribution < -0.4 is 0 Å². The Bertz CT molecular complexity index is 1150. The van der Waals surface area contributed by atoms with Crippen molar-refractivity contribution in [3.05, 3.63) is 47.3 Å². The number of carbonyl (C=O) groups excluding carboxylic acids is 1. The van der Waals surface area contributed by atoms with Gasteiger partial charge in [0, 0.05) is 35.3 Å². The number of hydrogen-bond acceptors (Lipinski definition) is 4. The Morgan fingerprint density at radius 1 is 0.968 bits per heavy atom. The van der Waals surface area contributed by atoms with E-state index in [1.165, 1.54) is 18.3 Å². The van der Waals surface area contributed by atoms with Crippen molar-refractivity contribution in [3.8, 4) is 0 Å². The minimum Gasteiger partial charge on any atom is -0.299 e. The summed E-state index contributed by atoms with van der Waals surface area (Å²) in [5.74, 6) is -2.22. The Morgan fingerprint density at radius 2 is 1.65 bits per heavy atom. The molecule has 3 heterocycles. The number of halogens is 6. The van der Waals surface area contributed by atoms with E-state index >= 15 is 0 Å². The number of fused-ring (bicyclic) bond motifs is 3. The van der Waals surface area contributed by atoms with Crippen LogP contribution in [-0.4, -0.2) is 39.9 Å². The SMILES string of the molecule is O=C(c1cc2c(C(F)(F)F)c(CN3CCCCC3)cnc2c2ncccc12)C(F)(F)F. The third-order valence-corrected chi connectivity index (χ3v) is 5.43. The molecule has 0 bridgehead atoms. The van der Waals surface area contributed by atoms with E-state index in [1.54, 1.807) is 0 Å². The summed E-state index contributed by atoms with van der Waals surface area (Å²) in [6.07, 6.45) is -5.03. The van der Waals surface area contributed by atoms with Gasteiger partial charge in [0.25, 0.3) is 5.78 Å². The molecule has 0 amide bonds. The molecule has 0 N–H and O–H groups in total. The number of likely N-dealkylation sites (tertiary alicyclic amines) is 1. The summed E-state index contributed by atoms with van der Waals surface area (Å²) < 4.78 is 81.9. The first-order valence-electron chi connectivity index (χ1n) is 9.68. The minimum atomic E-state index is -5.24. The maximum Gasteiger partial charge on any atom is 0.454 e. The van der Waals surface area contributed by atoms with Gasteiger partial charge in [0.15, 0.2) is 0 Å². The molecule has 0 saturated carbocycles. The van der Waals surface area contributed by atoms with Gasteiger partial charge < -0.3 is 0 Å². The molecule has 10 heteroatoms. The van der Waals surface area contributed by atoms with E-state index in [2.05, 4.69) is 9.97 Å². The molecule has 1 aromatic carbocycles. The number of pyridine rings is 2. The van der Waals surface area contributed by atoms with E-state index in [4.69, 9.17) is 0 Å². The van der Waals surface area contributed by atoms with Gasteiger partial charge in [-0.15, -0.1) is 0 Å². The van der Waals surface area contributed by atoms with Crippen molar-refractivity contribution >= 4 is 27.6 Å². The van der Waals surface area contributed by atoms with Crippen molar-refractivity contribution in [2.45, 2.75) is 38.2 Å². The van der Waals surface area contributed by atoms with E-state index in [1.807, 2.05) is 4.90 Å². The van der Waals surface area contributed by atoms with Crippen LogP contribution in [0.2, 0.25) is 0 Å². The van der Waals surface area contributed by atoms with E-state index in [0.29, 0.717) is 19.2 Å². The summed E-state index contributed by atoms with van der Waals surface area (Å²) in [7, 11) is 0. The lowest BCUT2D eigenvalue weighted by Crippen LogP contribution is -2.30. The number of alkyl halides is 6. The second kappa shape index (κ2) is 7.74. The zero-order chi connectivity index (χ0) is 22.4. The van der Waals surface area contributed by atoms with Crippen molar-refractivity contribution in [1.29, 1.82) is 0 Å². The topological polar surface area (TPSA) is 46.1 Å². The molecule has 0 atom stereocenters. The maximum atomic E-state index is 14.1. The number of ketones is 1. The largest absolute Gasteiger partial charge is 0.454 e. The summed E-state index contributed by atoms with van der Waals surface area (Å²) >= 11 is 0. The Morgan fingerprint density at radius 3 is 2.29 bits per heavy atom. The van der Waals surface area contributed by atoms with Crippen LogP contribution in [0.5, 0.6) is 0 Å². The van der Waals surface area contributed by atoms with Gasteiger partial charge in [0.05, 0.1) is 16.6 Å². The molecule has 2 aromatic heterocycles. The summed E-state index contributed by atoms with van der Waals surface area (Å²) in [5, 5.41) is -0.748. The molecule has 0 aliphatic carbocycles. The lowest BCUT2D eigenvalue weighted by atomic mass is 9.95. The lowest BCUT2D eigenvalue weighted by Gasteiger charge is -2.28. The van der Waals surface area contributed by atoms with Crippen molar-refractivity contribution in [1.82, 2.24) is 14.9 Å². The smallest absolute Gasteiger partial charge is 0.299 e. The van der Waals surface area contributed by atoms with Crippen molar-refractivity contribution in [3.63, 3.8) is 0 Å². The molecule has 4 rings (SSSR count). The highest BCUT2D eigenvalue weighted by atomic mass is 19.4. The summed E-state index contributed by atoms with van der Waals surface area (Å²) in [6, 6.07) is 3.19.